The Balaban J connectivity index is 1.80. The number of rotatable bonds is 2. The summed E-state index contributed by atoms with van der Waals surface area (Å²) in [5, 5.41) is 5.16. The van der Waals surface area contributed by atoms with Crippen molar-refractivity contribution in [1.29, 1.82) is 0 Å². The predicted molar refractivity (Wildman–Crippen MR) is 90.2 cm³/mol. The molecule has 0 saturated heterocycles. The molecule has 4 heteroatoms. The van der Waals surface area contributed by atoms with Gasteiger partial charge in [0, 0.05) is 20.6 Å². The van der Waals surface area contributed by atoms with E-state index in [0.29, 0.717) is 6.04 Å². The third-order valence-corrected chi connectivity index (χ3v) is 5.01. The third-order valence-electron chi connectivity index (χ3n) is 3.71. The fourth-order valence-electron chi connectivity index (χ4n) is 2.67. The predicted octanol–water partition coefficient (Wildman–Crippen LogP) is 5.64. The van der Waals surface area contributed by atoms with Crippen molar-refractivity contribution < 1.29 is 0 Å². The van der Waals surface area contributed by atoms with Crippen molar-refractivity contribution in [2.45, 2.75) is 25.8 Å². The van der Waals surface area contributed by atoms with Gasteiger partial charge in [-0.3, -0.25) is 0 Å². The summed E-state index contributed by atoms with van der Waals surface area (Å²) in [6.07, 6.45) is 2.01. The molecule has 1 atom stereocenters. The highest BCUT2D eigenvalue weighted by molar-refractivity contribution is 9.10. The van der Waals surface area contributed by atoms with E-state index in [2.05, 4.69) is 33.4 Å². The molecule has 0 fully saturated rings. The van der Waals surface area contributed by atoms with Gasteiger partial charge in [0.1, 0.15) is 0 Å². The van der Waals surface area contributed by atoms with Gasteiger partial charge in [0.2, 0.25) is 0 Å². The summed E-state index contributed by atoms with van der Waals surface area (Å²) in [5.74, 6) is 0. The molecule has 0 bridgehead atoms. The number of anilines is 1. The SMILES string of the molecule is Cc1cc(Br)c(NC2Cc3ccc(Cl)cc3C2)cc1Cl. The molecule has 0 saturated carbocycles. The van der Waals surface area contributed by atoms with Crippen LogP contribution in [0.4, 0.5) is 5.69 Å². The number of nitrogens with one attached hydrogen (secondary N) is 1. The first-order chi connectivity index (χ1) is 9.52. The van der Waals surface area contributed by atoms with Gasteiger partial charge in [0.05, 0.1) is 5.69 Å². The minimum Gasteiger partial charge on any atom is -0.381 e. The smallest absolute Gasteiger partial charge is 0.0502 e. The van der Waals surface area contributed by atoms with Gasteiger partial charge in [-0.05, 0) is 76.7 Å². The average molecular weight is 371 g/mol. The molecule has 1 N–H and O–H groups in total. The Morgan fingerprint density at radius 3 is 2.65 bits per heavy atom. The summed E-state index contributed by atoms with van der Waals surface area (Å²) in [6.45, 7) is 2.00. The summed E-state index contributed by atoms with van der Waals surface area (Å²) < 4.78 is 1.05. The highest BCUT2D eigenvalue weighted by atomic mass is 79.9. The van der Waals surface area contributed by atoms with Crippen LogP contribution in [0.3, 0.4) is 0 Å². The van der Waals surface area contributed by atoms with Crippen LogP contribution < -0.4 is 5.32 Å². The standard InChI is InChI=1S/C16H14BrCl2N/c1-9-4-14(17)16(8-15(9)19)20-13-6-10-2-3-12(18)5-11(10)7-13/h2-5,8,13,20H,6-7H2,1H3. The lowest BCUT2D eigenvalue weighted by Crippen LogP contribution is -2.19. The van der Waals surface area contributed by atoms with Crippen LogP contribution in [0.15, 0.2) is 34.8 Å². The van der Waals surface area contributed by atoms with Crippen LogP contribution >= 0.6 is 39.1 Å². The zero-order valence-corrected chi connectivity index (χ0v) is 14.1. The van der Waals surface area contributed by atoms with Crippen LogP contribution in [0, 0.1) is 6.92 Å². The third kappa shape index (κ3) is 2.83. The fraction of sp³-hybridized carbons (Fsp3) is 0.250. The van der Waals surface area contributed by atoms with E-state index in [-0.39, 0.29) is 0 Å². The number of halogens is 3. The van der Waals surface area contributed by atoms with Gasteiger partial charge in [-0.15, -0.1) is 0 Å². The Morgan fingerprint density at radius 2 is 1.85 bits per heavy atom. The van der Waals surface area contributed by atoms with Crippen molar-refractivity contribution in [3.8, 4) is 0 Å². The molecule has 0 amide bonds. The number of fused-ring (bicyclic) bond motifs is 1. The lowest BCUT2D eigenvalue weighted by Gasteiger charge is -2.16. The van der Waals surface area contributed by atoms with Crippen LogP contribution in [0.2, 0.25) is 10.0 Å². The quantitative estimate of drug-likeness (QED) is 0.720. The fourth-order valence-corrected chi connectivity index (χ4v) is 3.60. The molecular weight excluding hydrogens is 357 g/mol. The second-order valence-corrected chi connectivity index (χ2v) is 6.94. The van der Waals surface area contributed by atoms with Crippen molar-refractivity contribution in [2.24, 2.45) is 0 Å². The van der Waals surface area contributed by atoms with Crippen molar-refractivity contribution in [3.63, 3.8) is 0 Å². The van der Waals surface area contributed by atoms with Gasteiger partial charge < -0.3 is 5.32 Å². The van der Waals surface area contributed by atoms with E-state index < -0.39 is 0 Å². The Hall–Kier alpha value is -0.700. The van der Waals surface area contributed by atoms with E-state index in [1.165, 1.54) is 11.1 Å². The lowest BCUT2D eigenvalue weighted by molar-refractivity contribution is 0.773. The van der Waals surface area contributed by atoms with Gasteiger partial charge in [-0.1, -0.05) is 29.3 Å². The first-order valence-electron chi connectivity index (χ1n) is 6.52. The molecule has 20 heavy (non-hydrogen) atoms. The molecule has 0 aliphatic heterocycles. The topological polar surface area (TPSA) is 12.0 Å². The van der Waals surface area contributed by atoms with Gasteiger partial charge >= 0.3 is 0 Å². The van der Waals surface area contributed by atoms with E-state index in [0.717, 1.165) is 38.6 Å². The van der Waals surface area contributed by atoms with E-state index in [1.807, 2.05) is 25.1 Å². The van der Waals surface area contributed by atoms with Crippen molar-refractivity contribution in [1.82, 2.24) is 0 Å². The first-order valence-corrected chi connectivity index (χ1v) is 8.07. The molecule has 1 nitrogen and oxygen atoms in total. The molecule has 1 aliphatic carbocycles. The zero-order chi connectivity index (χ0) is 14.3. The van der Waals surface area contributed by atoms with Crippen molar-refractivity contribution in [2.75, 3.05) is 5.32 Å². The van der Waals surface area contributed by atoms with Crippen LogP contribution in [0.1, 0.15) is 16.7 Å². The molecule has 2 aromatic rings. The molecule has 1 unspecified atom stereocenters. The van der Waals surface area contributed by atoms with E-state index in [9.17, 15) is 0 Å². The number of aryl methyl sites for hydroxylation is 1. The van der Waals surface area contributed by atoms with Crippen LogP contribution in [0.25, 0.3) is 0 Å². The number of hydrogen-bond acceptors (Lipinski definition) is 1. The van der Waals surface area contributed by atoms with Crippen molar-refractivity contribution in [3.05, 3.63) is 61.5 Å². The molecule has 3 rings (SSSR count). The monoisotopic (exact) mass is 369 g/mol. The molecule has 2 aromatic carbocycles. The molecular formula is C16H14BrCl2N. The van der Waals surface area contributed by atoms with Gasteiger partial charge in [-0.2, -0.15) is 0 Å². The normalized spacial score (nSPS) is 17.1. The summed E-state index contributed by atoms with van der Waals surface area (Å²) in [6, 6.07) is 10.6. The molecule has 0 radical (unpaired) electrons. The van der Waals surface area contributed by atoms with E-state index >= 15 is 0 Å². The first kappa shape index (κ1) is 14.2. The molecule has 1 aliphatic rings. The van der Waals surface area contributed by atoms with Crippen molar-refractivity contribution >= 4 is 44.8 Å². The maximum atomic E-state index is 6.20. The molecule has 0 heterocycles. The Bertz CT molecular complexity index is 670. The minimum absolute atomic E-state index is 0.388. The Kier molecular flexibility index (Phi) is 3.98. The van der Waals surface area contributed by atoms with E-state index in [4.69, 9.17) is 23.2 Å². The minimum atomic E-state index is 0.388. The largest absolute Gasteiger partial charge is 0.381 e. The number of hydrogen-bond donors (Lipinski definition) is 1. The highest BCUT2D eigenvalue weighted by Gasteiger charge is 2.22. The van der Waals surface area contributed by atoms with Gasteiger partial charge in [-0.25, -0.2) is 0 Å². The van der Waals surface area contributed by atoms with Crippen LogP contribution in [-0.2, 0) is 12.8 Å². The van der Waals surface area contributed by atoms with Gasteiger partial charge in [0.15, 0.2) is 0 Å². The summed E-state index contributed by atoms with van der Waals surface area (Å²) in [5.41, 5.74) is 4.83. The summed E-state index contributed by atoms with van der Waals surface area (Å²) in [4.78, 5) is 0. The molecule has 0 spiro atoms. The zero-order valence-electron chi connectivity index (χ0n) is 11.0. The number of benzene rings is 2. The average Bonchev–Trinajstić information content (AvgIpc) is 2.77. The maximum absolute atomic E-state index is 6.20. The Morgan fingerprint density at radius 1 is 1.10 bits per heavy atom. The maximum Gasteiger partial charge on any atom is 0.0502 e. The summed E-state index contributed by atoms with van der Waals surface area (Å²) in [7, 11) is 0. The lowest BCUT2D eigenvalue weighted by atomic mass is 10.1. The second-order valence-electron chi connectivity index (χ2n) is 5.24. The molecule has 0 aromatic heterocycles. The van der Waals surface area contributed by atoms with E-state index in [1.54, 1.807) is 0 Å². The molecule has 104 valence electrons. The van der Waals surface area contributed by atoms with Gasteiger partial charge in [0.25, 0.3) is 0 Å². The second kappa shape index (κ2) is 5.59. The highest BCUT2D eigenvalue weighted by Crippen LogP contribution is 2.32. The van der Waals surface area contributed by atoms with Crippen LogP contribution in [-0.4, -0.2) is 6.04 Å². The summed E-state index contributed by atoms with van der Waals surface area (Å²) >= 11 is 15.8. The van der Waals surface area contributed by atoms with Crippen LogP contribution in [0.5, 0.6) is 0 Å². The Labute approximate surface area is 137 Å².